The van der Waals surface area contributed by atoms with Crippen LogP contribution in [0.3, 0.4) is 0 Å². The second-order valence-corrected chi connectivity index (χ2v) is 3.68. The lowest BCUT2D eigenvalue weighted by molar-refractivity contribution is -0.226. The van der Waals surface area contributed by atoms with Crippen molar-refractivity contribution in [3.05, 3.63) is 0 Å². The molecular weight excluding hydrogens is 227 g/mol. The summed E-state index contributed by atoms with van der Waals surface area (Å²) in [4.78, 5) is 0. The SMILES string of the molecule is O=S(=O)(O)C1(F)OC1(F)C(F)(F)F. The van der Waals surface area contributed by atoms with Gasteiger partial charge in [-0.1, -0.05) is 0 Å². The number of halogens is 5. The highest BCUT2D eigenvalue weighted by Gasteiger charge is 2.93. The van der Waals surface area contributed by atoms with Gasteiger partial charge in [0, 0.05) is 0 Å². The first-order valence-electron chi connectivity index (χ1n) is 2.57. The van der Waals surface area contributed by atoms with Gasteiger partial charge in [-0.15, -0.1) is 0 Å². The van der Waals surface area contributed by atoms with Crippen molar-refractivity contribution in [2.24, 2.45) is 0 Å². The van der Waals surface area contributed by atoms with Crippen molar-refractivity contribution in [1.82, 2.24) is 0 Å². The van der Waals surface area contributed by atoms with Crippen molar-refractivity contribution in [3.8, 4) is 0 Å². The van der Waals surface area contributed by atoms with E-state index < -0.39 is 27.3 Å². The third-order valence-electron chi connectivity index (χ3n) is 1.31. The molecule has 0 aliphatic carbocycles. The summed E-state index contributed by atoms with van der Waals surface area (Å²) in [6.07, 6.45) is -5.86. The fraction of sp³-hybridized carbons (Fsp3) is 1.00. The third kappa shape index (κ3) is 1.12. The Balaban J connectivity index is 3.10. The Hall–Kier alpha value is -0.480. The average Bonchev–Trinajstić information content (AvgIpc) is 2.34. The van der Waals surface area contributed by atoms with Crippen molar-refractivity contribution in [2.45, 2.75) is 17.2 Å². The molecule has 0 saturated carbocycles. The molecular formula is C3HF5O4S. The molecule has 1 fully saturated rings. The molecule has 0 aromatic rings. The number of rotatable bonds is 1. The predicted molar refractivity (Wildman–Crippen MR) is 26.4 cm³/mol. The maximum absolute atomic E-state index is 12.4. The number of ether oxygens (including phenoxy) is 1. The van der Waals surface area contributed by atoms with E-state index in [2.05, 4.69) is 4.74 Å². The molecule has 1 heterocycles. The van der Waals surface area contributed by atoms with Gasteiger partial charge in [0.25, 0.3) is 0 Å². The molecule has 2 unspecified atom stereocenters. The van der Waals surface area contributed by atoms with Crippen LogP contribution in [0.15, 0.2) is 0 Å². The number of epoxide rings is 1. The van der Waals surface area contributed by atoms with Gasteiger partial charge in [0.1, 0.15) is 0 Å². The molecule has 2 atom stereocenters. The maximum Gasteiger partial charge on any atom is 0.456 e. The van der Waals surface area contributed by atoms with E-state index in [-0.39, 0.29) is 0 Å². The summed E-state index contributed by atoms with van der Waals surface area (Å²) in [5.41, 5.74) is 0. The van der Waals surface area contributed by atoms with Crippen LogP contribution in [0.25, 0.3) is 0 Å². The highest BCUT2D eigenvalue weighted by molar-refractivity contribution is 7.87. The zero-order valence-electron chi connectivity index (χ0n) is 5.47. The second kappa shape index (κ2) is 2.12. The van der Waals surface area contributed by atoms with Crippen LogP contribution in [0.1, 0.15) is 0 Å². The minimum absolute atomic E-state index is 2.72. The van der Waals surface area contributed by atoms with Crippen molar-refractivity contribution < 1.29 is 39.7 Å². The van der Waals surface area contributed by atoms with Crippen molar-refractivity contribution >= 4 is 10.1 Å². The minimum atomic E-state index is -5.90. The molecule has 0 spiro atoms. The first-order chi connectivity index (χ1) is 5.46. The van der Waals surface area contributed by atoms with Gasteiger partial charge in [-0.05, 0) is 0 Å². The number of alkyl halides is 5. The fourth-order valence-corrected chi connectivity index (χ4v) is 1.27. The van der Waals surface area contributed by atoms with Gasteiger partial charge in [-0.3, -0.25) is 9.29 Å². The lowest BCUT2D eigenvalue weighted by Gasteiger charge is -2.07. The van der Waals surface area contributed by atoms with Crippen LogP contribution >= 0.6 is 0 Å². The quantitative estimate of drug-likeness (QED) is 0.408. The molecule has 1 aliphatic heterocycles. The Kier molecular flexibility index (Phi) is 1.73. The summed E-state index contributed by atoms with van der Waals surface area (Å²) in [5.74, 6) is -4.98. The van der Waals surface area contributed by atoms with Gasteiger partial charge >= 0.3 is 27.3 Å². The maximum atomic E-state index is 12.4. The predicted octanol–water partition coefficient (Wildman–Crippen LogP) is 0.756. The van der Waals surface area contributed by atoms with Crippen LogP contribution in [0.2, 0.25) is 0 Å². The minimum Gasteiger partial charge on any atom is -0.281 e. The largest absolute Gasteiger partial charge is 0.456 e. The molecule has 1 aliphatic rings. The molecule has 0 amide bonds. The Morgan fingerprint density at radius 2 is 1.62 bits per heavy atom. The first kappa shape index (κ1) is 10.6. The Morgan fingerprint density at radius 3 is 1.69 bits per heavy atom. The van der Waals surface area contributed by atoms with Gasteiger partial charge in [0.05, 0.1) is 0 Å². The molecule has 0 bridgehead atoms. The van der Waals surface area contributed by atoms with Crippen LogP contribution in [-0.4, -0.2) is 30.2 Å². The Morgan fingerprint density at radius 1 is 1.23 bits per heavy atom. The Bertz CT molecular complexity index is 334. The fourth-order valence-electron chi connectivity index (χ4n) is 0.601. The van der Waals surface area contributed by atoms with Gasteiger partial charge in [-0.2, -0.15) is 30.4 Å². The molecule has 0 aromatic heterocycles. The summed E-state index contributed by atoms with van der Waals surface area (Å²) in [6, 6.07) is 0. The molecule has 13 heavy (non-hydrogen) atoms. The molecule has 4 nitrogen and oxygen atoms in total. The van der Waals surface area contributed by atoms with Gasteiger partial charge in [0.15, 0.2) is 0 Å². The highest BCUT2D eigenvalue weighted by Crippen LogP contribution is 2.61. The van der Waals surface area contributed by atoms with E-state index in [0.717, 1.165) is 0 Å². The van der Waals surface area contributed by atoms with Crippen LogP contribution in [0.5, 0.6) is 0 Å². The van der Waals surface area contributed by atoms with Crippen molar-refractivity contribution in [3.63, 3.8) is 0 Å². The van der Waals surface area contributed by atoms with Gasteiger partial charge < -0.3 is 0 Å². The van der Waals surface area contributed by atoms with Gasteiger partial charge in [0.2, 0.25) is 0 Å². The van der Waals surface area contributed by atoms with Gasteiger partial charge in [-0.25, -0.2) is 0 Å². The summed E-state index contributed by atoms with van der Waals surface area (Å²) in [7, 11) is -5.90. The van der Waals surface area contributed by atoms with Crippen molar-refractivity contribution in [1.29, 1.82) is 0 Å². The highest BCUT2D eigenvalue weighted by atomic mass is 32.2. The summed E-state index contributed by atoms with van der Waals surface area (Å²) < 4.78 is 89.7. The molecule has 0 aromatic carbocycles. The van der Waals surface area contributed by atoms with Crippen LogP contribution in [0.4, 0.5) is 22.0 Å². The molecule has 1 rings (SSSR count). The Labute approximate surface area is 68.0 Å². The molecule has 1 N–H and O–H groups in total. The summed E-state index contributed by atoms with van der Waals surface area (Å²) >= 11 is 0. The van der Waals surface area contributed by atoms with Crippen LogP contribution in [-0.2, 0) is 14.9 Å². The molecule has 0 radical (unpaired) electrons. The summed E-state index contributed by atoms with van der Waals surface area (Å²) in [6.45, 7) is 0. The van der Waals surface area contributed by atoms with Crippen molar-refractivity contribution in [2.75, 3.05) is 0 Å². The molecule has 78 valence electrons. The van der Waals surface area contributed by atoms with E-state index in [1.54, 1.807) is 0 Å². The smallest absolute Gasteiger partial charge is 0.281 e. The van der Waals surface area contributed by atoms with E-state index in [1.807, 2.05) is 0 Å². The van der Waals surface area contributed by atoms with Crippen LogP contribution < -0.4 is 0 Å². The third-order valence-corrected chi connectivity index (χ3v) is 2.32. The lowest BCUT2D eigenvalue weighted by Crippen LogP contribution is -2.38. The summed E-state index contributed by atoms with van der Waals surface area (Å²) in [5, 5.41) is -4.74. The number of hydrogen-bond donors (Lipinski definition) is 1. The zero-order valence-corrected chi connectivity index (χ0v) is 6.29. The van der Waals surface area contributed by atoms with E-state index in [0.29, 0.717) is 0 Å². The standard InChI is InChI=1S/C3HF5O4S/c4-1(2(5,6)7)3(8,12-1)13(9,10)11/h(H,9,10,11). The first-order valence-corrected chi connectivity index (χ1v) is 4.01. The molecule has 1 saturated heterocycles. The van der Waals surface area contributed by atoms with E-state index in [1.165, 1.54) is 0 Å². The topological polar surface area (TPSA) is 66.9 Å². The van der Waals surface area contributed by atoms with Crippen LogP contribution in [0, 0.1) is 0 Å². The lowest BCUT2D eigenvalue weighted by atomic mass is 10.4. The van der Waals surface area contributed by atoms with E-state index in [4.69, 9.17) is 4.55 Å². The normalized spacial score (nSPS) is 40.5. The zero-order chi connectivity index (χ0) is 10.7. The second-order valence-electron chi connectivity index (χ2n) is 2.21. The molecule has 10 heteroatoms. The monoisotopic (exact) mass is 228 g/mol. The number of hydrogen-bond acceptors (Lipinski definition) is 3. The average molecular weight is 228 g/mol. The van der Waals surface area contributed by atoms with E-state index in [9.17, 15) is 30.4 Å². The van der Waals surface area contributed by atoms with E-state index >= 15 is 0 Å².